The predicted octanol–water partition coefficient (Wildman–Crippen LogP) is 5.80. The van der Waals surface area contributed by atoms with Gasteiger partial charge in [0.05, 0.1) is 22.0 Å². The molecule has 8 heteroatoms. The first-order chi connectivity index (χ1) is 15.6. The van der Waals surface area contributed by atoms with Gasteiger partial charge in [-0.1, -0.05) is 54.1 Å². The summed E-state index contributed by atoms with van der Waals surface area (Å²) in [6, 6.07) is 17.4. The molecular weight excluding hydrogens is 444 g/mol. The van der Waals surface area contributed by atoms with E-state index in [1.807, 2.05) is 59.5 Å². The van der Waals surface area contributed by atoms with E-state index >= 15 is 0 Å². The maximum absolute atomic E-state index is 11.5. The lowest BCUT2D eigenvalue weighted by atomic mass is 10.1. The van der Waals surface area contributed by atoms with Gasteiger partial charge in [0, 0.05) is 11.8 Å². The zero-order valence-electron chi connectivity index (χ0n) is 17.2. The molecule has 2 aromatic carbocycles. The standard InChI is InChI=1S/C24H21ClN4O2S/c25-21-16(15-6-2-1-3-7-15)8-4-9-17(21)27-23-22-19(11-12-26-23)32-20(28-22)14-29-13-5-10-18(29)24(30)31/h1-4,6-9,11-12,18H,5,10,13-14H2,(H,26,27)(H,30,31). The zero-order valence-corrected chi connectivity index (χ0v) is 18.7. The number of hydrogen-bond donors (Lipinski definition) is 2. The number of benzene rings is 2. The molecule has 3 heterocycles. The molecule has 0 aliphatic carbocycles. The van der Waals surface area contributed by atoms with Gasteiger partial charge in [-0.15, -0.1) is 11.3 Å². The fraction of sp³-hybridized carbons (Fsp3) is 0.208. The molecule has 6 nitrogen and oxygen atoms in total. The Morgan fingerprint density at radius 3 is 2.84 bits per heavy atom. The topological polar surface area (TPSA) is 78.3 Å². The van der Waals surface area contributed by atoms with Crippen molar-refractivity contribution in [3.8, 4) is 11.1 Å². The number of anilines is 2. The molecule has 1 aliphatic rings. The number of aromatic nitrogens is 2. The highest BCUT2D eigenvalue weighted by Gasteiger charge is 2.31. The van der Waals surface area contributed by atoms with Gasteiger partial charge in [0.15, 0.2) is 5.82 Å². The van der Waals surface area contributed by atoms with Crippen molar-refractivity contribution < 1.29 is 9.90 Å². The third kappa shape index (κ3) is 4.07. The van der Waals surface area contributed by atoms with Crippen molar-refractivity contribution in [3.05, 3.63) is 70.8 Å². The summed E-state index contributed by atoms with van der Waals surface area (Å²) in [6.07, 6.45) is 3.33. The van der Waals surface area contributed by atoms with Crippen LogP contribution in [0.4, 0.5) is 11.5 Å². The molecule has 1 saturated heterocycles. The molecule has 162 valence electrons. The summed E-state index contributed by atoms with van der Waals surface area (Å²) >= 11 is 8.31. The van der Waals surface area contributed by atoms with Crippen molar-refractivity contribution in [1.82, 2.24) is 14.9 Å². The van der Waals surface area contributed by atoms with E-state index in [4.69, 9.17) is 16.6 Å². The van der Waals surface area contributed by atoms with E-state index in [0.29, 0.717) is 23.8 Å². The van der Waals surface area contributed by atoms with Gasteiger partial charge < -0.3 is 10.4 Å². The molecule has 0 bridgehead atoms. The minimum absolute atomic E-state index is 0.433. The molecule has 32 heavy (non-hydrogen) atoms. The summed E-state index contributed by atoms with van der Waals surface area (Å²) in [6.45, 7) is 1.30. The number of pyridine rings is 1. The average molecular weight is 465 g/mol. The fourth-order valence-corrected chi connectivity index (χ4v) is 5.40. The number of nitrogens with one attached hydrogen (secondary N) is 1. The van der Waals surface area contributed by atoms with Crippen LogP contribution in [0.1, 0.15) is 17.8 Å². The Balaban J connectivity index is 1.44. The van der Waals surface area contributed by atoms with E-state index in [1.165, 1.54) is 0 Å². The summed E-state index contributed by atoms with van der Waals surface area (Å²) in [4.78, 5) is 22.8. The van der Waals surface area contributed by atoms with E-state index in [1.54, 1.807) is 17.5 Å². The number of carboxylic acid groups (broad SMARTS) is 1. The second-order valence-electron chi connectivity index (χ2n) is 7.74. The van der Waals surface area contributed by atoms with Crippen molar-refractivity contribution in [1.29, 1.82) is 0 Å². The van der Waals surface area contributed by atoms with Crippen LogP contribution in [0, 0.1) is 0 Å². The third-order valence-corrected chi connectivity index (χ3v) is 7.09. The Bertz CT molecular complexity index is 1280. The second kappa shape index (κ2) is 8.86. The molecule has 0 amide bonds. The largest absolute Gasteiger partial charge is 0.480 e. The highest BCUT2D eigenvalue weighted by Crippen LogP contribution is 2.37. The van der Waals surface area contributed by atoms with Gasteiger partial charge >= 0.3 is 5.97 Å². The lowest BCUT2D eigenvalue weighted by Crippen LogP contribution is -2.35. The van der Waals surface area contributed by atoms with E-state index < -0.39 is 12.0 Å². The minimum atomic E-state index is -0.763. The van der Waals surface area contributed by atoms with Crippen molar-refractivity contribution in [3.63, 3.8) is 0 Å². The van der Waals surface area contributed by atoms with Gasteiger partial charge in [-0.25, -0.2) is 9.97 Å². The van der Waals surface area contributed by atoms with Crippen LogP contribution in [-0.4, -0.2) is 38.5 Å². The van der Waals surface area contributed by atoms with Crippen LogP contribution in [0.3, 0.4) is 0 Å². The Labute approximate surface area is 194 Å². The number of aliphatic carboxylic acids is 1. The summed E-state index contributed by atoms with van der Waals surface area (Å²) in [5.74, 6) is -0.131. The Morgan fingerprint density at radius 2 is 2.03 bits per heavy atom. The van der Waals surface area contributed by atoms with Crippen molar-refractivity contribution in [2.45, 2.75) is 25.4 Å². The summed E-state index contributed by atoms with van der Waals surface area (Å²) in [5.41, 5.74) is 3.51. The predicted molar refractivity (Wildman–Crippen MR) is 129 cm³/mol. The highest BCUT2D eigenvalue weighted by molar-refractivity contribution is 7.18. The van der Waals surface area contributed by atoms with Gasteiger partial charge in [0.1, 0.15) is 16.6 Å². The molecular formula is C24H21ClN4O2S. The van der Waals surface area contributed by atoms with Crippen LogP contribution < -0.4 is 5.32 Å². The van der Waals surface area contributed by atoms with E-state index in [-0.39, 0.29) is 0 Å². The van der Waals surface area contributed by atoms with Gasteiger partial charge in [-0.3, -0.25) is 9.69 Å². The number of nitrogens with zero attached hydrogens (tertiary/aromatic N) is 3. The summed E-state index contributed by atoms with van der Waals surface area (Å²) < 4.78 is 0.999. The lowest BCUT2D eigenvalue weighted by molar-refractivity contribution is -0.142. The molecule has 0 spiro atoms. The van der Waals surface area contributed by atoms with E-state index in [0.717, 1.165) is 45.0 Å². The van der Waals surface area contributed by atoms with Crippen LogP contribution in [0.2, 0.25) is 5.02 Å². The Kier molecular flexibility index (Phi) is 5.78. The SMILES string of the molecule is O=C(O)C1CCCN1Cc1nc2c(Nc3cccc(-c4ccccc4)c3Cl)nccc2s1. The molecule has 0 radical (unpaired) electrons. The monoisotopic (exact) mass is 464 g/mol. The first-order valence-corrected chi connectivity index (χ1v) is 11.6. The maximum atomic E-state index is 11.5. The van der Waals surface area contributed by atoms with Crippen LogP contribution in [0.25, 0.3) is 21.3 Å². The number of halogens is 1. The molecule has 4 aromatic rings. The van der Waals surface area contributed by atoms with Gasteiger partial charge in [0.25, 0.3) is 0 Å². The average Bonchev–Trinajstić information content (AvgIpc) is 3.43. The number of fused-ring (bicyclic) bond motifs is 1. The number of carbonyl (C=O) groups is 1. The fourth-order valence-electron chi connectivity index (χ4n) is 4.13. The third-order valence-electron chi connectivity index (χ3n) is 5.68. The van der Waals surface area contributed by atoms with E-state index in [9.17, 15) is 9.90 Å². The van der Waals surface area contributed by atoms with Crippen molar-refractivity contribution in [2.24, 2.45) is 0 Å². The smallest absolute Gasteiger partial charge is 0.320 e. The molecule has 1 atom stereocenters. The normalized spacial score (nSPS) is 16.5. The van der Waals surface area contributed by atoms with Crippen molar-refractivity contribution in [2.75, 3.05) is 11.9 Å². The number of hydrogen-bond acceptors (Lipinski definition) is 6. The van der Waals surface area contributed by atoms with Gasteiger partial charge in [-0.2, -0.15) is 0 Å². The van der Waals surface area contributed by atoms with Crippen LogP contribution >= 0.6 is 22.9 Å². The van der Waals surface area contributed by atoms with Gasteiger partial charge in [-0.05, 0) is 37.1 Å². The number of likely N-dealkylation sites (tertiary alicyclic amines) is 1. The molecule has 2 N–H and O–H groups in total. The molecule has 5 rings (SSSR count). The summed E-state index contributed by atoms with van der Waals surface area (Å²) in [5, 5.41) is 14.3. The van der Waals surface area contributed by atoms with Crippen LogP contribution in [0.5, 0.6) is 0 Å². The van der Waals surface area contributed by atoms with Crippen LogP contribution in [-0.2, 0) is 11.3 Å². The maximum Gasteiger partial charge on any atom is 0.320 e. The minimum Gasteiger partial charge on any atom is -0.480 e. The molecule has 0 saturated carbocycles. The number of rotatable bonds is 6. The summed E-state index contributed by atoms with van der Waals surface area (Å²) in [7, 11) is 0. The first-order valence-electron chi connectivity index (χ1n) is 10.4. The molecule has 1 aliphatic heterocycles. The van der Waals surface area contributed by atoms with E-state index in [2.05, 4.69) is 10.3 Å². The van der Waals surface area contributed by atoms with Gasteiger partial charge in [0.2, 0.25) is 0 Å². The quantitative estimate of drug-likeness (QED) is 0.375. The second-order valence-corrected chi connectivity index (χ2v) is 9.23. The Hall–Kier alpha value is -3.00. The van der Waals surface area contributed by atoms with Crippen LogP contribution in [0.15, 0.2) is 60.8 Å². The number of thiazole rings is 1. The molecule has 1 unspecified atom stereocenters. The molecule has 2 aromatic heterocycles. The van der Waals surface area contributed by atoms with Crippen molar-refractivity contribution >= 4 is 50.6 Å². The lowest BCUT2D eigenvalue weighted by Gasteiger charge is -2.19. The Morgan fingerprint density at radius 1 is 1.19 bits per heavy atom. The zero-order chi connectivity index (χ0) is 22.1. The number of carboxylic acids is 1. The molecule has 1 fully saturated rings. The highest BCUT2D eigenvalue weighted by atomic mass is 35.5. The first kappa shape index (κ1) is 20.9.